The third kappa shape index (κ3) is 3.77. The van der Waals surface area contributed by atoms with Gasteiger partial charge in [-0.15, -0.1) is 0 Å². The largest absolute Gasteiger partial charge is 0.396 e. The molecule has 1 amide bonds. The van der Waals surface area contributed by atoms with E-state index in [1.54, 1.807) is 0 Å². The number of hydrogen-bond acceptors (Lipinski definition) is 3. The molecule has 0 spiro atoms. The van der Waals surface area contributed by atoms with Crippen molar-refractivity contribution in [3.63, 3.8) is 0 Å². The average Bonchev–Trinajstić information content (AvgIpc) is 2.27. The lowest BCUT2D eigenvalue weighted by molar-refractivity contribution is 0.0881. The Bertz CT molecular complexity index is 416. The summed E-state index contributed by atoms with van der Waals surface area (Å²) < 4.78 is 13.4. The molecule has 5 heteroatoms. The number of nitrogens with zero attached hydrogens (tertiary/aromatic N) is 1. The fourth-order valence-electron chi connectivity index (χ4n) is 1.65. The van der Waals surface area contributed by atoms with Crippen molar-refractivity contribution in [2.45, 2.75) is 33.2 Å². The summed E-state index contributed by atoms with van der Waals surface area (Å²) in [7, 11) is 0. The van der Waals surface area contributed by atoms with E-state index in [0.717, 1.165) is 6.20 Å². The molecule has 4 nitrogen and oxygen atoms in total. The first-order chi connectivity index (χ1) is 8.36. The van der Waals surface area contributed by atoms with Gasteiger partial charge in [0.2, 0.25) is 0 Å². The summed E-state index contributed by atoms with van der Waals surface area (Å²) in [6, 6.07) is 1.12. The van der Waals surface area contributed by atoms with Gasteiger partial charge in [-0.1, -0.05) is 20.8 Å². The molecule has 1 rings (SSSR count). The van der Waals surface area contributed by atoms with E-state index in [1.165, 1.54) is 12.3 Å². The fraction of sp³-hybridized carbons (Fsp3) is 0.538. The molecule has 0 fully saturated rings. The summed E-state index contributed by atoms with van der Waals surface area (Å²) in [6.45, 7) is 5.84. The number of aromatic nitrogens is 1. The molecule has 2 N–H and O–H groups in total. The molecule has 1 aromatic heterocycles. The van der Waals surface area contributed by atoms with E-state index in [4.69, 9.17) is 5.11 Å². The Morgan fingerprint density at radius 3 is 2.72 bits per heavy atom. The van der Waals surface area contributed by atoms with Crippen LogP contribution in [0, 0.1) is 11.2 Å². The van der Waals surface area contributed by atoms with Gasteiger partial charge >= 0.3 is 0 Å². The molecule has 1 unspecified atom stereocenters. The summed E-state index contributed by atoms with van der Waals surface area (Å²) in [5.41, 5.74) is -0.237. The van der Waals surface area contributed by atoms with Gasteiger partial charge in [0.15, 0.2) is 5.82 Å². The normalized spacial score (nSPS) is 13.2. The van der Waals surface area contributed by atoms with Crippen molar-refractivity contribution in [1.82, 2.24) is 10.3 Å². The van der Waals surface area contributed by atoms with Crippen LogP contribution in [0.15, 0.2) is 18.5 Å². The number of halogens is 1. The minimum absolute atomic E-state index is 0.0267. The molecule has 0 aliphatic heterocycles. The summed E-state index contributed by atoms with van der Waals surface area (Å²) in [4.78, 5) is 15.5. The van der Waals surface area contributed by atoms with Crippen molar-refractivity contribution in [3.8, 4) is 0 Å². The predicted molar refractivity (Wildman–Crippen MR) is 66.6 cm³/mol. The van der Waals surface area contributed by atoms with Crippen LogP contribution in [0.2, 0.25) is 0 Å². The average molecular weight is 254 g/mol. The summed E-state index contributed by atoms with van der Waals surface area (Å²) in [6.07, 6.45) is 2.81. The highest BCUT2D eigenvalue weighted by Gasteiger charge is 2.26. The van der Waals surface area contributed by atoms with Crippen molar-refractivity contribution in [2.75, 3.05) is 6.61 Å². The second-order valence-electron chi connectivity index (χ2n) is 5.26. The highest BCUT2D eigenvalue weighted by Crippen LogP contribution is 2.22. The second kappa shape index (κ2) is 5.91. The van der Waals surface area contributed by atoms with Crippen LogP contribution in [0.1, 0.15) is 37.6 Å². The van der Waals surface area contributed by atoms with Gasteiger partial charge in [0.25, 0.3) is 5.91 Å². The molecule has 0 aliphatic rings. The number of rotatable bonds is 4. The first-order valence-corrected chi connectivity index (χ1v) is 5.87. The van der Waals surface area contributed by atoms with Crippen molar-refractivity contribution in [2.24, 2.45) is 5.41 Å². The van der Waals surface area contributed by atoms with Crippen LogP contribution in [0.4, 0.5) is 4.39 Å². The molecule has 0 aromatic carbocycles. The summed E-state index contributed by atoms with van der Waals surface area (Å²) in [5, 5.41) is 11.8. The van der Waals surface area contributed by atoms with Crippen LogP contribution in [0.25, 0.3) is 0 Å². The van der Waals surface area contributed by atoms with E-state index in [2.05, 4.69) is 10.3 Å². The van der Waals surface area contributed by atoms with Gasteiger partial charge in [0.1, 0.15) is 0 Å². The van der Waals surface area contributed by atoms with Gasteiger partial charge in [0.05, 0.1) is 11.8 Å². The topological polar surface area (TPSA) is 62.2 Å². The SMILES string of the molecule is CC(C)(C)C(CCO)NC(=O)c1ccncc1F. The van der Waals surface area contributed by atoms with Crippen LogP contribution in [0.3, 0.4) is 0 Å². The standard InChI is InChI=1S/C13H19FN2O2/c1-13(2,3)11(5-7-17)16-12(18)9-4-6-15-8-10(9)14/h4,6,8,11,17H,5,7H2,1-3H3,(H,16,18). The van der Waals surface area contributed by atoms with Gasteiger partial charge < -0.3 is 10.4 Å². The Kier molecular flexibility index (Phi) is 4.78. The van der Waals surface area contributed by atoms with Crippen LogP contribution < -0.4 is 5.32 Å². The van der Waals surface area contributed by atoms with Gasteiger partial charge in [-0.2, -0.15) is 0 Å². The van der Waals surface area contributed by atoms with E-state index >= 15 is 0 Å². The molecule has 18 heavy (non-hydrogen) atoms. The van der Waals surface area contributed by atoms with Crippen LogP contribution in [0.5, 0.6) is 0 Å². The zero-order chi connectivity index (χ0) is 13.8. The predicted octanol–water partition coefficient (Wildman–Crippen LogP) is 1.75. The first kappa shape index (κ1) is 14.6. The lowest BCUT2D eigenvalue weighted by Crippen LogP contribution is -2.44. The van der Waals surface area contributed by atoms with E-state index in [0.29, 0.717) is 6.42 Å². The van der Waals surface area contributed by atoms with Crippen LogP contribution in [-0.2, 0) is 0 Å². The van der Waals surface area contributed by atoms with Crippen molar-refractivity contribution >= 4 is 5.91 Å². The number of amides is 1. The molecule has 1 atom stereocenters. The number of carbonyl (C=O) groups excluding carboxylic acids is 1. The van der Waals surface area contributed by atoms with E-state index in [-0.39, 0.29) is 23.6 Å². The second-order valence-corrected chi connectivity index (χ2v) is 5.26. The molecule has 0 saturated carbocycles. The van der Waals surface area contributed by atoms with Crippen LogP contribution >= 0.6 is 0 Å². The molecular formula is C13H19FN2O2. The minimum Gasteiger partial charge on any atom is -0.396 e. The van der Waals surface area contributed by atoms with Crippen molar-refractivity contribution in [1.29, 1.82) is 0 Å². The van der Waals surface area contributed by atoms with Crippen molar-refractivity contribution in [3.05, 3.63) is 29.8 Å². The third-order valence-corrected chi connectivity index (χ3v) is 2.79. The molecule has 0 aliphatic carbocycles. The Hall–Kier alpha value is -1.49. The Morgan fingerprint density at radius 1 is 1.56 bits per heavy atom. The molecule has 0 saturated heterocycles. The van der Waals surface area contributed by atoms with Gasteiger partial charge in [-0.25, -0.2) is 4.39 Å². The van der Waals surface area contributed by atoms with Crippen LogP contribution in [-0.4, -0.2) is 28.6 Å². The van der Waals surface area contributed by atoms with Gasteiger partial charge in [-0.05, 0) is 17.9 Å². The van der Waals surface area contributed by atoms with Gasteiger partial charge in [-0.3, -0.25) is 9.78 Å². The number of hydrogen-bond donors (Lipinski definition) is 2. The molecule has 0 bridgehead atoms. The Labute approximate surface area is 106 Å². The quantitative estimate of drug-likeness (QED) is 0.860. The third-order valence-electron chi connectivity index (χ3n) is 2.79. The van der Waals surface area contributed by atoms with E-state index in [1.807, 2.05) is 20.8 Å². The van der Waals surface area contributed by atoms with E-state index in [9.17, 15) is 9.18 Å². The lowest BCUT2D eigenvalue weighted by Gasteiger charge is -2.31. The number of aliphatic hydroxyl groups excluding tert-OH is 1. The van der Waals surface area contributed by atoms with Gasteiger partial charge in [0, 0.05) is 18.8 Å². The maximum Gasteiger partial charge on any atom is 0.254 e. The highest BCUT2D eigenvalue weighted by atomic mass is 19.1. The molecule has 0 radical (unpaired) electrons. The zero-order valence-corrected chi connectivity index (χ0v) is 10.9. The van der Waals surface area contributed by atoms with E-state index < -0.39 is 11.7 Å². The smallest absolute Gasteiger partial charge is 0.254 e. The molecule has 1 aromatic rings. The molecular weight excluding hydrogens is 235 g/mol. The summed E-state index contributed by atoms with van der Waals surface area (Å²) in [5.74, 6) is -1.13. The number of nitrogens with one attached hydrogen (secondary N) is 1. The molecule has 1 heterocycles. The number of carbonyl (C=O) groups is 1. The summed E-state index contributed by atoms with van der Waals surface area (Å²) >= 11 is 0. The lowest BCUT2D eigenvalue weighted by atomic mass is 9.85. The Morgan fingerprint density at radius 2 is 2.22 bits per heavy atom. The maximum absolute atomic E-state index is 13.4. The fourth-order valence-corrected chi connectivity index (χ4v) is 1.65. The molecule has 100 valence electrons. The first-order valence-electron chi connectivity index (χ1n) is 5.87. The number of pyridine rings is 1. The zero-order valence-electron chi connectivity index (χ0n) is 10.9. The number of aliphatic hydroxyl groups is 1. The highest BCUT2D eigenvalue weighted by molar-refractivity contribution is 5.94. The van der Waals surface area contributed by atoms with Crippen molar-refractivity contribution < 1.29 is 14.3 Å². The minimum atomic E-state index is -0.647. The maximum atomic E-state index is 13.4. The Balaban J connectivity index is 2.82. The monoisotopic (exact) mass is 254 g/mol.